The SMILES string of the molecule is CN(C)C(Cc1ccccn1)C(=O)O. The zero-order valence-corrected chi connectivity index (χ0v) is 8.34. The molecular formula is C10H14N2O2. The Morgan fingerprint density at radius 3 is 2.71 bits per heavy atom. The zero-order chi connectivity index (χ0) is 10.6. The first-order valence-electron chi connectivity index (χ1n) is 4.40. The average Bonchev–Trinajstić information content (AvgIpc) is 2.15. The Balaban J connectivity index is 2.70. The Labute approximate surface area is 83.2 Å². The number of aliphatic carboxylic acids is 1. The third kappa shape index (κ3) is 2.81. The summed E-state index contributed by atoms with van der Waals surface area (Å²) in [5, 5.41) is 8.94. The highest BCUT2D eigenvalue weighted by Crippen LogP contribution is 2.03. The fraction of sp³-hybridized carbons (Fsp3) is 0.400. The van der Waals surface area contributed by atoms with Gasteiger partial charge in [0.05, 0.1) is 0 Å². The average molecular weight is 194 g/mol. The molecule has 76 valence electrons. The molecule has 1 rings (SSSR count). The first-order chi connectivity index (χ1) is 6.61. The van der Waals surface area contributed by atoms with Gasteiger partial charge in [-0.3, -0.25) is 14.7 Å². The molecule has 0 fully saturated rings. The molecule has 1 aromatic rings. The molecule has 1 unspecified atom stereocenters. The molecule has 4 heteroatoms. The van der Waals surface area contributed by atoms with Gasteiger partial charge in [0.2, 0.25) is 0 Å². The highest BCUT2D eigenvalue weighted by Gasteiger charge is 2.20. The lowest BCUT2D eigenvalue weighted by atomic mass is 10.1. The molecule has 0 saturated heterocycles. The molecule has 0 aliphatic heterocycles. The van der Waals surface area contributed by atoms with Gasteiger partial charge in [-0.25, -0.2) is 0 Å². The highest BCUT2D eigenvalue weighted by molar-refractivity contribution is 5.73. The van der Waals surface area contributed by atoms with Crippen LogP contribution in [0.5, 0.6) is 0 Å². The molecule has 0 aromatic carbocycles. The Morgan fingerprint density at radius 1 is 1.57 bits per heavy atom. The Morgan fingerprint density at radius 2 is 2.29 bits per heavy atom. The van der Waals surface area contributed by atoms with Crippen LogP contribution < -0.4 is 0 Å². The number of likely N-dealkylation sites (N-methyl/N-ethyl adjacent to an activating group) is 1. The summed E-state index contributed by atoms with van der Waals surface area (Å²) in [6.07, 6.45) is 2.10. The summed E-state index contributed by atoms with van der Waals surface area (Å²) in [5.74, 6) is -0.819. The lowest BCUT2D eigenvalue weighted by Gasteiger charge is -2.19. The maximum atomic E-state index is 10.9. The standard InChI is InChI=1S/C10H14N2O2/c1-12(2)9(10(13)14)7-8-5-3-4-6-11-8/h3-6,9H,7H2,1-2H3,(H,13,14). The van der Waals surface area contributed by atoms with Crippen LogP contribution in [0.1, 0.15) is 5.69 Å². The van der Waals surface area contributed by atoms with Crippen molar-refractivity contribution in [2.24, 2.45) is 0 Å². The minimum absolute atomic E-state index is 0.434. The largest absolute Gasteiger partial charge is 0.480 e. The lowest BCUT2D eigenvalue weighted by Crippen LogP contribution is -2.37. The van der Waals surface area contributed by atoms with Gasteiger partial charge in [0, 0.05) is 18.3 Å². The third-order valence-corrected chi connectivity index (χ3v) is 2.04. The molecule has 0 aliphatic carbocycles. The molecule has 0 saturated carbocycles. The minimum Gasteiger partial charge on any atom is -0.480 e. The molecule has 1 heterocycles. The summed E-state index contributed by atoms with van der Waals surface area (Å²) in [6.45, 7) is 0. The molecule has 4 nitrogen and oxygen atoms in total. The van der Waals surface area contributed by atoms with Crippen molar-refractivity contribution in [2.75, 3.05) is 14.1 Å². The molecule has 0 bridgehead atoms. The molecule has 1 aromatic heterocycles. The van der Waals surface area contributed by atoms with E-state index < -0.39 is 12.0 Å². The molecule has 0 spiro atoms. The van der Waals surface area contributed by atoms with Crippen LogP contribution >= 0.6 is 0 Å². The number of rotatable bonds is 4. The van der Waals surface area contributed by atoms with E-state index in [1.54, 1.807) is 25.2 Å². The number of carboxylic acids is 1. The summed E-state index contributed by atoms with van der Waals surface area (Å²) < 4.78 is 0. The first kappa shape index (κ1) is 10.7. The van der Waals surface area contributed by atoms with Gasteiger partial charge in [-0.05, 0) is 26.2 Å². The van der Waals surface area contributed by atoms with E-state index in [9.17, 15) is 4.79 Å². The maximum Gasteiger partial charge on any atom is 0.321 e. The van der Waals surface area contributed by atoms with E-state index in [2.05, 4.69) is 4.98 Å². The predicted octanol–water partition coefficient (Wildman–Crippen LogP) is 0.639. The van der Waals surface area contributed by atoms with Crippen molar-refractivity contribution in [1.82, 2.24) is 9.88 Å². The van der Waals surface area contributed by atoms with Gasteiger partial charge >= 0.3 is 5.97 Å². The number of pyridine rings is 1. The Hall–Kier alpha value is -1.42. The summed E-state index contributed by atoms with van der Waals surface area (Å²) in [7, 11) is 3.50. The number of carbonyl (C=O) groups is 1. The molecular weight excluding hydrogens is 180 g/mol. The monoisotopic (exact) mass is 194 g/mol. The summed E-state index contributed by atoms with van der Waals surface area (Å²) in [6, 6.07) is 5.00. The minimum atomic E-state index is -0.819. The predicted molar refractivity (Wildman–Crippen MR) is 53.1 cm³/mol. The van der Waals surface area contributed by atoms with Crippen molar-refractivity contribution in [1.29, 1.82) is 0 Å². The van der Waals surface area contributed by atoms with Crippen molar-refractivity contribution < 1.29 is 9.90 Å². The van der Waals surface area contributed by atoms with Gasteiger partial charge in [-0.1, -0.05) is 6.07 Å². The van der Waals surface area contributed by atoms with Gasteiger partial charge in [0.1, 0.15) is 6.04 Å². The van der Waals surface area contributed by atoms with Crippen molar-refractivity contribution in [2.45, 2.75) is 12.5 Å². The van der Waals surface area contributed by atoms with Gasteiger partial charge in [-0.2, -0.15) is 0 Å². The van der Waals surface area contributed by atoms with Crippen molar-refractivity contribution >= 4 is 5.97 Å². The second-order valence-electron chi connectivity index (χ2n) is 3.34. The highest BCUT2D eigenvalue weighted by atomic mass is 16.4. The molecule has 0 aliphatic rings. The van der Waals surface area contributed by atoms with Gasteiger partial charge in [0.15, 0.2) is 0 Å². The van der Waals surface area contributed by atoms with Gasteiger partial charge in [0.25, 0.3) is 0 Å². The quantitative estimate of drug-likeness (QED) is 0.764. The van der Waals surface area contributed by atoms with Crippen LogP contribution in [0.2, 0.25) is 0 Å². The van der Waals surface area contributed by atoms with Crippen molar-refractivity contribution in [3.8, 4) is 0 Å². The van der Waals surface area contributed by atoms with Crippen LogP contribution in [-0.4, -0.2) is 41.1 Å². The van der Waals surface area contributed by atoms with E-state index in [0.717, 1.165) is 5.69 Å². The summed E-state index contributed by atoms with van der Waals surface area (Å²) >= 11 is 0. The van der Waals surface area contributed by atoms with Crippen LogP contribution in [0, 0.1) is 0 Å². The number of carboxylic acid groups (broad SMARTS) is 1. The zero-order valence-electron chi connectivity index (χ0n) is 8.34. The Kier molecular flexibility index (Phi) is 3.59. The topological polar surface area (TPSA) is 53.4 Å². The van der Waals surface area contributed by atoms with E-state index >= 15 is 0 Å². The van der Waals surface area contributed by atoms with Gasteiger partial charge < -0.3 is 5.11 Å². The van der Waals surface area contributed by atoms with Crippen LogP contribution in [-0.2, 0) is 11.2 Å². The summed E-state index contributed by atoms with van der Waals surface area (Å²) in [5.41, 5.74) is 0.800. The number of hydrogen-bond donors (Lipinski definition) is 1. The van der Waals surface area contributed by atoms with Crippen LogP contribution in [0.15, 0.2) is 24.4 Å². The molecule has 0 radical (unpaired) electrons. The van der Waals surface area contributed by atoms with Crippen LogP contribution in [0.3, 0.4) is 0 Å². The normalized spacial score (nSPS) is 12.8. The second kappa shape index (κ2) is 4.72. The van der Waals surface area contributed by atoms with Crippen molar-refractivity contribution in [3.05, 3.63) is 30.1 Å². The molecule has 1 N–H and O–H groups in total. The van der Waals surface area contributed by atoms with E-state index in [1.165, 1.54) is 0 Å². The van der Waals surface area contributed by atoms with E-state index in [0.29, 0.717) is 6.42 Å². The third-order valence-electron chi connectivity index (χ3n) is 2.04. The van der Waals surface area contributed by atoms with Crippen LogP contribution in [0.25, 0.3) is 0 Å². The number of aromatic nitrogens is 1. The maximum absolute atomic E-state index is 10.9. The molecule has 1 atom stereocenters. The van der Waals surface area contributed by atoms with Crippen molar-refractivity contribution in [3.63, 3.8) is 0 Å². The molecule has 0 amide bonds. The lowest BCUT2D eigenvalue weighted by molar-refractivity contribution is -0.142. The number of nitrogens with zero attached hydrogens (tertiary/aromatic N) is 2. The molecule has 14 heavy (non-hydrogen) atoms. The van der Waals surface area contributed by atoms with Gasteiger partial charge in [-0.15, -0.1) is 0 Å². The van der Waals surface area contributed by atoms with E-state index in [1.807, 2.05) is 18.2 Å². The van der Waals surface area contributed by atoms with E-state index in [-0.39, 0.29) is 0 Å². The fourth-order valence-corrected chi connectivity index (χ4v) is 1.21. The summed E-state index contributed by atoms with van der Waals surface area (Å²) in [4.78, 5) is 16.6. The van der Waals surface area contributed by atoms with Crippen LogP contribution in [0.4, 0.5) is 0 Å². The Bertz CT molecular complexity index is 298. The fourth-order valence-electron chi connectivity index (χ4n) is 1.21. The second-order valence-corrected chi connectivity index (χ2v) is 3.34. The smallest absolute Gasteiger partial charge is 0.321 e. The number of hydrogen-bond acceptors (Lipinski definition) is 3. The van der Waals surface area contributed by atoms with E-state index in [4.69, 9.17) is 5.11 Å². The first-order valence-corrected chi connectivity index (χ1v) is 4.40.